The Morgan fingerprint density at radius 2 is 2.07 bits per heavy atom. The summed E-state index contributed by atoms with van der Waals surface area (Å²) in [5, 5.41) is 3.72. The van der Waals surface area contributed by atoms with Crippen molar-refractivity contribution in [1.29, 1.82) is 0 Å². The zero-order valence-electron chi connectivity index (χ0n) is 16.4. The first-order valence-corrected chi connectivity index (χ1v) is 9.11. The van der Waals surface area contributed by atoms with Gasteiger partial charge >= 0.3 is 0 Å². The number of carbonyl (C=O) groups is 1. The van der Waals surface area contributed by atoms with Gasteiger partial charge in [0.1, 0.15) is 0 Å². The fourth-order valence-corrected chi connectivity index (χ4v) is 2.60. The van der Waals surface area contributed by atoms with Gasteiger partial charge in [-0.2, -0.15) is 0 Å². The fourth-order valence-electron chi connectivity index (χ4n) is 2.40. The molecular weight excluding hydrogens is 360 g/mol. The number of likely N-dealkylation sites (N-methyl/N-ethyl adjacent to an activating group) is 2. The average molecular weight is 387 g/mol. The highest BCUT2D eigenvalue weighted by Crippen LogP contribution is 2.16. The second kappa shape index (κ2) is 11.9. The summed E-state index contributed by atoms with van der Waals surface area (Å²) in [6, 6.07) is 7.27. The number of rotatable bonds is 9. The van der Waals surface area contributed by atoms with Crippen LogP contribution in [0.15, 0.2) is 69.7 Å². The summed E-state index contributed by atoms with van der Waals surface area (Å²) in [6.45, 7) is 10.1. The van der Waals surface area contributed by atoms with Crippen LogP contribution in [-0.4, -0.2) is 37.3 Å². The van der Waals surface area contributed by atoms with Crippen molar-refractivity contribution in [2.45, 2.75) is 27.2 Å². The number of hydrogen-bond donors (Lipinski definition) is 1. The number of nitrogens with zero attached hydrogens (tertiary/aromatic N) is 3. The predicted octanol–water partition coefficient (Wildman–Crippen LogP) is 4.37. The van der Waals surface area contributed by atoms with Crippen LogP contribution in [0.5, 0.6) is 0 Å². The smallest absolute Gasteiger partial charge is 0.250 e. The van der Waals surface area contributed by atoms with Crippen LogP contribution < -0.4 is 5.32 Å². The van der Waals surface area contributed by atoms with E-state index in [0.29, 0.717) is 5.02 Å². The highest BCUT2D eigenvalue weighted by molar-refractivity contribution is 6.31. The van der Waals surface area contributed by atoms with Crippen molar-refractivity contribution in [2.24, 2.45) is 9.98 Å². The van der Waals surface area contributed by atoms with Crippen LogP contribution in [0.3, 0.4) is 0 Å². The lowest BCUT2D eigenvalue weighted by atomic mass is 10.1. The van der Waals surface area contributed by atoms with Gasteiger partial charge in [0.25, 0.3) is 0 Å². The Kier molecular flexibility index (Phi) is 9.83. The van der Waals surface area contributed by atoms with E-state index in [1.165, 1.54) is 6.21 Å². The molecule has 0 unspecified atom stereocenters. The molecular formula is C21H27ClN4O. The summed E-state index contributed by atoms with van der Waals surface area (Å²) in [7, 11) is 1.85. The molecule has 0 aromatic heterocycles. The molecule has 1 amide bonds. The van der Waals surface area contributed by atoms with E-state index < -0.39 is 0 Å². The van der Waals surface area contributed by atoms with Gasteiger partial charge in [-0.1, -0.05) is 35.9 Å². The molecule has 0 aliphatic heterocycles. The van der Waals surface area contributed by atoms with E-state index in [1.54, 1.807) is 12.1 Å². The van der Waals surface area contributed by atoms with Gasteiger partial charge in [0, 0.05) is 31.0 Å². The minimum atomic E-state index is -0.257. The summed E-state index contributed by atoms with van der Waals surface area (Å²) in [6.07, 6.45) is 7.34. The summed E-state index contributed by atoms with van der Waals surface area (Å²) < 4.78 is 0. The van der Waals surface area contributed by atoms with Crippen molar-refractivity contribution >= 4 is 30.4 Å². The van der Waals surface area contributed by atoms with E-state index in [1.807, 2.05) is 63.2 Å². The number of carbonyl (C=O) groups excluding carboxylic acids is 1. The molecule has 5 nitrogen and oxygen atoms in total. The molecule has 0 atom stereocenters. The fraction of sp³-hybridized carbons (Fsp3) is 0.286. The van der Waals surface area contributed by atoms with Gasteiger partial charge in [0.2, 0.25) is 5.91 Å². The van der Waals surface area contributed by atoms with Gasteiger partial charge in [-0.15, -0.1) is 0 Å². The van der Waals surface area contributed by atoms with E-state index in [9.17, 15) is 4.79 Å². The topological polar surface area (TPSA) is 57.1 Å². The van der Waals surface area contributed by atoms with E-state index in [4.69, 9.17) is 11.6 Å². The molecule has 27 heavy (non-hydrogen) atoms. The van der Waals surface area contributed by atoms with Crippen LogP contribution in [0.2, 0.25) is 5.02 Å². The lowest BCUT2D eigenvalue weighted by Gasteiger charge is -2.24. The van der Waals surface area contributed by atoms with Crippen molar-refractivity contribution < 1.29 is 4.79 Å². The van der Waals surface area contributed by atoms with Gasteiger partial charge in [0.05, 0.1) is 23.5 Å². The number of halogens is 1. The molecule has 0 saturated carbocycles. The Morgan fingerprint density at radius 1 is 1.37 bits per heavy atom. The van der Waals surface area contributed by atoms with Gasteiger partial charge in [-0.05, 0) is 45.2 Å². The Hall–Kier alpha value is -2.66. The van der Waals surface area contributed by atoms with Gasteiger partial charge < -0.3 is 10.2 Å². The lowest BCUT2D eigenvalue weighted by molar-refractivity contribution is -0.117. The maximum atomic E-state index is 12.2. The normalized spacial score (nSPS) is 13.0. The number of aliphatic imine (C=N–C) groups is 2. The molecule has 0 aliphatic carbocycles. The predicted molar refractivity (Wildman–Crippen MR) is 115 cm³/mol. The molecule has 1 aromatic carbocycles. The minimum Gasteiger partial charge on any atom is -0.387 e. The van der Waals surface area contributed by atoms with Crippen LogP contribution in [0.25, 0.3) is 0 Å². The Labute approximate surface area is 166 Å². The molecule has 0 fully saturated rings. The SMILES string of the molecule is C=N/C(C)=C\N(CC)C(=C/C=NC(=O)Cc1ccccc1Cl)/C(=C\C)NC. The van der Waals surface area contributed by atoms with Gasteiger partial charge in [0.15, 0.2) is 0 Å². The molecule has 1 aromatic rings. The lowest BCUT2D eigenvalue weighted by Crippen LogP contribution is -2.23. The third kappa shape index (κ3) is 7.23. The zero-order valence-corrected chi connectivity index (χ0v) is 17.1. The highest BCUT2D eigenvalue weighted by Gasteiger charge is 2.10. The number of amides is 1. The van der Waals surface area contributed by atoms with Crippen LogP contribution in [-0.2, 0) is 11.2 Å². The van der Waals surface area contributed by atoms with Crippen LogP contribution in [0.1, 0.15) is 26.3 Å². The number of nitrogens with one attached hydrogen (secondary N) is 1. The summed E-state index contributed by atoms with van der Waals surface area (Å²) in [5.41, 5.74) is 3.34. The summed E-state index contributed by atoms with van der Waals surface area (Å²) in [5.74, 6) is -0.257. The van der Waals surface area contributed by atoms with Gasteiger partial charge in [-0.3, -0.25) is 9.79 Å². The molecule has 0 aliphatic rings. The minimum absolute atomic E-state index is 0.165. The van der Waals surface area contributed by atoms with Crippen molar-refractivity contribution in [3.63, 3.8) is 0 Å². The second-order valence-electron chi connectivity index (χ2n) is 5.66. The third-order valence-electron chi connectivity index (χ3n) is 3.83. The van der Waals surface area contributed by atoms with E-state index in [2.05, 4.69) is 22.0 Å². The largest absolute Gasteiger partial charge is 0.387 e. The molecule has 1 N–H and O–H groups in total. The van der Waals surface area contributed by atoms with E-state index >= 15 is 0 Å². The standard InChI is InChI=1S/C21H27ClN4O/c1-6-19(24-5)20(26(7-2)15-16(3)23-4)12-13-25-21(27)14-17-10-8-9-11-18(17)22/h6,8-13,15,24H,4,7,14H2,1-3,5H3/b16-15-,19-6+,20-12+,25-13?. The Morgan fingerprint density at radius 3 is 2.63 bits per heavy atom. The quantitative estimate of drug-likeness (QED) is 0.506. The second-order valence-corrected chi connectivity index (χ2v) is 6.07. The first-order chi connectivity index (χ1) is 13.0. The van der Waals surface area contributed by atoms with Crippen LogP contribution in [0.4, 0.5) is 0 Å². The van der Waals surface area contributed by atoms with Crippen molar-refractivity contribution in [3.8, 4) is 0 Å². The van der Waals surface area contributed by atoms with Crippen LogP contribution in [0, 0.1) is 0 Å². The first-order valence-electron chi connectivity index (χ1n) is 8.73. The number of benzene rings is 1. The first kappa shape index (κ1) is 22.4. The van der Waals surface area contributed by atoms with Gasteiger partial charge in [-0.25, -0.2) is 4.99 Å². The van der Waals surface area contributed by atoms with E-state index in [0.717, 1.165) is 29.2 Å². The maximum Gasteiger partial charge on any atom is 0.250 e. The number of allylic oxidation sites excluding steroid dienone is 3. The van der Waals surface area contributed by atoms with Crippen molar-refractivity contribution in [1.82, 2.24) is 10.2 Å². The molecule has 0 spiro atoms. The van der Waals surface area contributed by atoms with E-state index in [-0.39, 0.29) is 12.3 Å². The maximum absolute atomic E-state index is 12.2. The monoisotopic (exact) mass is 386 g/mol. The van der Waals surface area contributed by atoms with Crippen molar-refractivity contribution in [3.05, 3.63) is 70.3 Å². The molecule has 6 heteroatoms. The molecule has 1 rings (SSSR count). The molecule has 0 bridgehead atoms. The molecule has 0 radical (unpaired) electrons. The highest BCUT2D eigenvalue weighted by atomic mass is 35.5. The number of hydrogen-bond acceptors (Lipinski definition) is 4. The van der Waals surface area contributed by atoms with Crippen LogP contribution >= 0.6 is 11.6 Å². The summed E-state index contributed by atoms with van der Waals surface area (Å²) >= 11 is 6.10. The zero-order chi connectivity index (χ0) is 20.2. The molecule has 0 heterocycles. The molecule has 0 saturated heterocycles. The third-order valence-corrected chi connectivity index (χ3v) is 4.20. The summed E-state index contributed by atoms with van der Waals surface area (Å²) in [4.78, 5) is 22.1. The van der Waals surface area contributed by atoms with Crippen molar-refractivity contribution in [2.75, 3.05) is 13.6 Å². The Bertz CT molecular complexity index is 778. The average Bonchev–Trinajstić information content (AvgIpc) is 2.67. The Balaban J connectivity index is 3.06. The molecule has 144 valence electrons.